The van der Waals surface area contributed by atoms with Gasteiger partial charge < -0.3 is 5.32 Å². The molecule has 3 aromatic rings. The van der Waals surface area contributed by atoms with Gasteiger partial charge in [-0.05, 0) is 55.5 Å². The molecule has 0 saturated heterocycles. The number of hydrogen-bond donors (Lipinski definition) is 3. The van der Waals surface area contributed by atoms with Gasteiger partial charge in [0.1, 0.15) is 0 Å². The van der Waals surface area contributed by atoms with Crippen LogP contribution in [0.15, 0.2) is 72.8 Å². The number of aryl methyl sites for hydroxylation is 1. The highest BCUT2D eigenvalue weighted by Gasteiger charge is 2.10. The molecule has 3 N–H and O–H groups in total. The first-order chi connectivity index (χ1) is 13.9. The number of anilines is 2. The first-order valence-corrected chi connectivity index (χ1v) is 8.71. The third-order valence-corrected chi connectivity index (χ3v) is 4.12. The van der Waals surface area contributed by atoms with E-state index in [9.17, 15) is 19.7 Å². The zero-order valence-corrected chi connectivity index (χ0v) is 15.5. The van der Waals surface area contributed by atoms with Crippen LogP contribution < -0.4 is 16.2 Å². The molecule has 0 atom stereocenters. The first-order valence-electron chi connectivity index (χ1n) is 8.71. The molecule has 3 rings (SSSR count). The van der Waals surface area contributed by atoms with Gasteiger partial charge in [-0.2, -0.15) is 0 Å². The molecule has 8 nitrogen and oxygen atoms in total. The van der Waals surface area contributed by atoms with Gasteiger partial charge in [-0.15, -0.1) is 0 Å². The van der Waals surface area contributed by atoms with E-state index in [0.717, 1.165) is 5.56 Å². The molecule has 0 unspecified atom stereocenters. The number of rotatable bonds is 6. The molecule has 146 valence electrons. The van der Waals surface area contributed by atoms with Crippen LogP contribution in [0.3, 0.4) is 0 Å². The molecule has 0 aromatic heterocycles. The maximum atomic E-state index is 12.3. The van der Waals surface area contributed by atoms with Gasteiger partial charge in [0, 0.05) is 28.9 Å². The molecule has 2 amide bonds. The Morgan fingerprint density at radius 3 is 1.86 bits per heavy atom. The van der Waals surface area contributed by atoms with Crippen LogP contribution in [0.2, 0.25) is 0 Å². The van der Waals surface area contributed by atoms with Gasteiger partial charge in [0.15, 0.2) is 0 Å². The number of hydrogen-bond acceptors (Lipinski definition) is 5. The predicted octanol–water partition coefficient (Wildman–Crippen LogP) is 3.91. The van der Waals surface area contributed by atoms with Gasteiger partial charge in [-0.3, -0.25) is 30.6 Å². The third-order valence-electron chi connectivity index (χ3n) is 4.12. The number of non-ortho nitro benzene ring substituents is 1. The van der Waals surface area contributed by atoms with E-state index in [-0.39, 0.29) is 17.2 Å². The van der Waals surface area contributed by atoms with Gasteiger partial charge >= 0.3 is 0 Å². The van der Waals surface area contributed by atoms with E-state index in [2.05, 4.69) is 16.2 Å². The quantitative estimate of drug-likeness (QED) is 0.436. The van der Waals surface area contributed by atoms with Crippen molar-refractivity contribution in [3.05, 3.63) is 99.6 Å². The monoisotopic (exact) mass is 390 g/mol. The lowest BCUT2D eigenvalue weighted by molar-refractivity contribution is -0.384. The summed E-state index contributed by atoms with van der Waals surface area (Å²) in [6.45, 7) is 1.97. The summed E-state index contributed by atoms with van der Waals surface area (Å²) in [4.78, 5) is 34.5. The Labute approximate surface area is 166 Å². The number of benzene rings is 3. The Hall–Kier alpha value is -4.20. The Morgan fingerprint density at radius 2 is 1.28 bits per heavy atom. The van der Waals surface area contributed by atoms with Gasteiger partial charge in [-0.1, -0.05) is 17.7 Å². The zero-order valence-electron chi connectivity index (χ0n) is 15.5. The minimum atomic E-state index is -0.531. The van der Waals surface area contributed by atoms with Crippen LogP contribution in [-0.2, 0) is 0 Å². The fraction of sp³-hybridized carbons (Fsp3) is 0.0476. The Morgan fingerprint density at radius 1 is 0.759 bits per heavy atom. The molecule has 0 aliphatic carbocycles. The predicted molar refractivity (Wildman–Crippen MR) is 110 cm³/mol. The fourth-order valence-electron chi connectivity index (χ4n) is 2.48. The van der Waals surface area contributed by atoms with Crippen LogP contribution >= 0.6 is 0 Å². The maximum absolute atomic E-state index is 12.3. The molecule has 0 aliphatic rings. The van der Waals surface area contributed by atoms with E-state index in [4.69, 9.17) is 0 Å². The molecule has 0 radical (unpaired) electrons. The number of amides is 2. The molecule has 0 fully saturated rings. The van der Waals surface area contributed by atoms with Crippen molar-refractivity contribution in [1.82, 2.24) is 5.43 Å². The van der Waals surface area contributed by atoms with Crippen LogP contribution in [0, 0.1) is 17.0 Å². The minimum Gasteiger partial charge on any atom is -0.322 e. The van der Waals surface area contributed by atoms with Crippen LogP contribution in [-0.4, -0.2) is 16.7 Å². The lowest BCUT2D eigenvalue weighted by atomic mass is 10.2. The number of hydrazine groups is 1. The van der Waals surface area contributed by atoms with Crippen molar-refractivity contribution in [3.63, 3.8) is 0 Å². The molecule has 0 bridgehead atoms. The highest BCUT2D eigenvalue weighted by molar-refractivity contribution is 6.04. The number of nitrogens with one attached hydrogen (secondary N) is 3. The maximum Gasteiger partial charge on any atom is 0.269 e. The number of nitro benzene ring substituents is 1. The van der Waals surface area contributed by atoms with Gasteiger partial charge in [-0.25, -0.2) is 0 Å². The molecule has 0 aliphatic heterocycles. The fourth-order valence-corrected chi connectivity index (χ4v) is 2.48. The molecule has 3 aromatic carbocycles. The summed E-state index contributed by atoms with van der Waals surface area (Å²) in [5.74, 6) is -0.684. The molecule has 29 heavy (non-hydrogen) atoms. The van der Waals surface area contributed by atoms with Crippen molar-refractivity contribution in [1.29, 1.82) is 0 Å². The van der Waals surface area contributed by atoms with Crippen molar-refractivity contribution in [2.24, 2.45) is 0 Å². The second-order valence-corrected chi connectivity index (χ2v) is 6.28. The van der Waals surface area contributed by atoms with Crippen LogP contribution in [0.5, 0.6) is 0 Å². The topological polar surface area (TPSA) is 113 Å². The number of carbonyl (C=O) groups is 2. The number of nitro groups is 1. The van der Waals surface area contributed by atoms with Crippen molar-refractivity contribution < 1.29 is 14.5 Å². The van der Waals surface area contributed by atoms with Crippen LogP contribution in [0.1, 0.15) is 26.3 Å². The minimum absolute atomic E-state index is 0.0889. The van der Waals surface area contributed by atoms with Crippen molar-refractivity contribution >= 4 is 28.9 Å². The standard InChI is InChI=1S/C21H18N4O4/c1-14-2-8-17(9-3-14)22-20(26)15-4-10-18(11-5-15)23-24-21(27)16-6-12-19(13-7-16)25(28)29/h2-13,23H,1H3,(H,22,26)(H,24,27). The van der Waals surface area contributed by atoms with E-state index < -0.39 is 10.8 Å². The summed E-state index contributed by atoms with van der Waals surface area (Å²) in [5.41, 5.74) is 8.28. The molecule has 0 heterocycles. The van der Waals surface area contributed by atoms with Gasteiger partial charge in [0.2, 0.25) is 0 Å². The normalized spacial score (nSPS) is 10.1. The largest absolute Gasteiger partial charge is 0.322 e. The summed E-state index contributed by atoms with van der Waals surface area (Å²) < 4.78 is 0. The first kappa shape index (κ1) is 19.6. The lowest BCUT2D eigenvalue weighted by Gasteiger charge is -2.10. The zero-order chi connectivity index (χ0) is 20.8. The molecular weight excluding hydrogens is 372 g/mol. The summed E-state index contributed by atoms with van der Waals surface area (Å²) in [7, 11) is 0. The highest BCUT2D eigenvalue weighted by atomic mass is 16.6. The Kier molecular flexibility index (Phi) is 5.84. The Balaban J connectivity index is 1.55. The summed E-state index contributed by atoms with van der Waals surface area (Å²) in [6.07, 6.45) is 0. The molecule has 0 spiro atoms. The number of carbonyl (C=O) groups excluding carboxylic acids is 2. The average Bonchev–Trinajstić information content (AvgIpc) is 2.74. The summed E-state index contributed by atoms with van der Waals surface area (Å²) in [5, 5.41) is 13.5. The second kappa shape index (κ2) is 8.66. The second-order valence-electron chi connectivity index (χ2n) is 6.28. The Bertz CT molecular complexity index is 1030. The van der Waals surface area contributed by atoms with Crippen molar-refractivity contribution in [2.45, 2.75) is 6.92 Å². The average molecular weight is 390 g/mol. The van der Waals surface area contributed by atoms with E-state index in [1.807, 2.05) is 31.2 Å². The van der Waals surface area contributed by atoms with Crippen molar-refractivity contribution in [2.75, 3.05) is 10.7 Å². The van der Waals surface area contributed by atoms with Gasteiger partial charge in [0.25, 0.3) is 17.5 Å². The van der Waals surface area contributed by atoms with E-state index in [1.165, 1.54) is 24.3 Å². The van der Waals surface area contributed by atoms with Crippen LogP contribution in [0.4, 0.5) is 17.1 Å². The lowest BCUT2D eigenvalue weighted by Crippen LogP contribution is -2.29. The van der Waals surface area contributed by atoms with Crippen molar-refractivity contribution in [3.8, 4) is 0 Å². The summed E-state index contributed by atoms with van der Waals surface area (Å²) in [6, 6.07) is 19.3. The van der Waals surface area contributed by atoms with Gasteiger partial charge in [0.05, 0.1) is 10.6 Å². The molecule has 8 heteroatoms. The van der Waals surface area contributed by atoms with E-state index in [0.29, 0.717) is 16.9 Å². The smallest absolute Gasteiger partial charge is 0.269 e. The van der Waals surface area contributed by atoms with Crippen LogP contribution in [0.25, 0.3) is 0 Å². The summed E-state index contributed by atoms with van der Waals surface area (Å²) >= 11 is 0. The SMILES string of the molecule is Cc1ccc(NC(=O)c2ccc(NNC(=O)c3ccc([N+](=O)[O-])cc3)cc2)cc1. The van der Waals surface area contributed by atoms with E-state index >= 15 is 0 Å². The number of nitrogens with zero attached hydrogens (tertiary/aromatic N) is 1. The molecule has 0 saturated carbocycles. The molecular formula is C21H18N4O4. The third kappa shape index (κ3) is 5.16. The highest BCUT2D eigenvalue weighted by Crippen LogP contribution is 2.14. The van der Waals surface area contributed by atoms with E-state index in [1.54, 1.807) is 24.3 Å².